The van der Waals surface area contributed by atoms with Crippen LogP contribution in [0.1, 0.15) is 18.4 Å². The van der Waals surface area contributed by atoms with E-state index in [1.165, 1.54) is 12.7 Å². The van der Waals surface area contributed by atoms with E-state index in [4.69, 9.17) is 4.74 Å². The molecule has 0 N–H and O–H groups in total. The average Bonchev–Trinajstić information content (AvgIpc) is 2.87. The molecule has 0 spiro atoms. The Labute approximate surface area is 108 Å². The molecule has 0 saturated carbocycles. The molecular weight excluding hydrogens is 226 g/mol. The van der Waals surface area contributed by atoms with Crippen LogP contribution in [0.15, 0.2) is 36.4 Å². The van der Waals surface area contributed by atoms with Gasteiger partial charge >= 0.3 is 5.97 Å². The molecule has 3 nitrogen and oxygen atoms in total. The number of hydrogen-bond donors (Lipinski definition) is 0. The van der Waals surface area contributed by atoms with Gasteiger partial charge < -0.3 is 4.74 Å². The Kier molecular flexibility index (Phi) is 4.53. The minimum atomic E-state index is -0.111. The van der Waals surface area contributed by atoms with Crippen molar-refractivity contribution in [1.82, 2.24) is 4.90 Å². The number of likely N-dealkylation sites (tertiary alicyclic amines) is 1. The highest BCUT2D eigenvalue weighted by Gasteiger charge is 2.30. The van der Waals surface area contributed by atoms with Gasteiger partial charge in [-0.05, 0) is 24.9 Å². The summed E-state index contributed by atoms with van der Waals surface area (Å²) in [6.07, 6.45) is 6.17. The predicted octanol–water partition coefficient (Wildman–Crippen LogP) is 2.34. The summed E-state index contributed by atoms with van der Waals surface area (Å²) in [4.78, 5) is 13.7. The maximum absolute atomic E-state index is 11.6. The quantitative estimate of drug-likeness (QED) is 0.763. The highest BCUT2D eigenvalue weighted by Crippen LogP contribution is 2.18. The number of nitrogens with zero attached hydrogens (tertiary/aromatic N) is 1. The molecule has 0 aromatic heterocycles. The molecular formula is C15H19NO2. The van der Waals surface area contributed by atoms with Gasteiger partial charge in [0.15, 0.2) is 0 Å². The maximum atomic E-state index is 11.6. The maximum Gasteiger partial charge on any atom is 0.323 e. The largest absolute Gasteiger partial charge is 0.468 e. The first-order valence-electron chi connectivity index (χ1n) is 6.35. The van der Waals surface area contributed by atoms with Crippen LogP contribution in [0.5, 0.6) is 0 Å². The van der Waals surface area contributed by atoms with Gasteiger partial charge in [-0.25, -0.2) is 0 Å². The highest BCUT2D eigenvalue weighted by molar-refractivity contribution is 5.76. The number of hydrogen-bond acceptors (Lipinski definition) is 3. The first-order chi connectivity index (χ1) is 8.81. The van der Waals surface area contributed by atoms with Crippen molar-refractivity contribution in [2.45, 2.75) is 18.9 Å². The van der Waals surface area contributed by atoms with Gasteiger partial charge in [0.1, 0.15) is 6.04 Å². The van der Waals surface area contributed by atoms with E-state index in [-0.39, 0.29) is 12.0 Å². The standard InChI is InChI=1S/C15H19NO2/c1-18-15(17)14-10-6-12-16(14)11-5-9-13-7-3-2-4-8-13/h2-5,7-9,14H,6,10-12H2,1H3/b9-5+/t14-/m0/s1. The Morgan fingerprint density at radius 3 is 2.94 bits per heavy atom. The van der Waals surface area contributed by atoms with Crippen molar-refractivity contribution in [3.63, 3.8) is 0 Å². The fraction of sp³-hybridized carbons (Fsp3) is 0.400. The zero-order valence-corrected chi connectivity index (χ0v) is 10.7. The van der Waals surface area contributed by atoms with Crippen LogP contribution in [-0.2, 0) is 9.53 Å². The molecule has 3 heteroatoms. The molecule has 0 radical (unpaired) electrons. The second-order valence-electron chi connectivity index (χ2n) is 4.49. The summed E-state index contributed by atoms with van der Waals surface area (Å²) in [5.74, 6) is -0.111. The van der Waals surface area contributed by atoms with Crippen molar-refractivity contribution in [2.75, 3.05) is 20.2 Å². The monoisotopic (exact) mass is 245 g/mol. The Morgan fingerprint density at radius 1 is 1.44 bits per heavy atom. The van der Waals surface area contributed by atoms with E-state index in [0.717, 1.165) is 25.9 Å². The summed E-state index contributed by atoms with van der Waals surface area (Å²) in [5.41, 5.74) is 1.19. The molecule has 1 aromatic carbocycles. The predicted molar refractivity (Wildman–Crippen MR) is 72.1 cm³/mol. The van der Waals surface area contributed by atoms with Gasteiger partial charge in [0.25, 0.3) is 0 Å². The summed E-state index contributed by atoms with van der Waals surface area (Å²) in [6.45, 7) is 1.77. The number of rotatable bonds is 4. The topological polar surface area (TPSA) is 29.5 Å². The van der Waals surface area contributed by atoms with Crippen LogP contribution < -0.4 is 0 Å². The Morgan fingerprint density at radius 2 is 2.22 bits per heavy atom. The summed E-state index contributed by atoms with van der Waals surface area (Å²) in [5, 5.41) is 0. The van der Waals surface area contributed by atoms with E-state index < -0.39 is 0 Å². The third-order valence-electron chi connectivity index (χ3n) is 3.29. The van der Waals surface area contributed by atoms with Gasteiger partial charge in [-0.15, -0.1) is 0 Å². The lowest BCUT2D eigenvalue weighted by Gasteiger charge is -2.20. The lowest BCUT2D eigenvalue weighted by atomic mass is 10.2. The Bertz CT molecular complexity index is 414. The van der Waals surface area contributed by atoms with Gasteiger partial charge in [0, 0.05) is 6.54 Å². The first-order valence-corrected chi connectivity index (χ1v) is 6.35. The van der Waals surface area contributed by atoms with E-state index in [1.807, 2.05) is 18.2 Å². The molecule has 0 aliphatic carbocycles. The molecule has 0 amide bonds. The lowest BCUT2D eigenvalue weighted by Crippen LogP contribution is -2.36. The van der Waals surface area contributed by atoms with Crippen LogP contribution in [0.25, 0.3) is 6.08 Å². The second-order valence-corrected chi connectivity index (χ2v) is 4.49. The molecule has 1 heterocycles. The van der Waals surface area contributed by atoms with Crippen LogP contribution in [0.4, 0.5) is 0 Å². The number of carbonyl (C=O) groups excluding carboxylic acids is 1. The first kappa shape index (κ1) is 12.8. The minimum Gasteiger partial charge on any atom is -0.468 e. The molecule has 96 valence electrons. The summed E-state index contributed by atoms with van der Waals surface area (Å²) in [7, 11) is 1.46. The molecule has 0 bridgehead atoms. The second kappa shape index (κ2) is 6.36. The molecule has 1 atom stereocenters. The van der Waals surface area contributed by atoms with Crippen molar-refractivity contribution in [2.24, 2.45) is 0 Å². The molecule has 0 unspecified atom stereocenters. The minimum absolute atomic E-state index is 0.0598. The van der Waals surface area contributed by atoms with E-state index in [9.17, 15) is 4.79 Å². The third-order valence-corrected chi connectivity index (χ3v) is 3.29. The number of ether oxygens (including phenoxy) is 1. The zero-order valence-electron chi connectivity index (χ0n) is 10.7. The number of carbonyl (C=O) groups is 1. The van der Waals surface area contributed by atoms with Crippen LogP contribution in [0.2, 0.25) is 0 Å². The Hall–Kier alpha value is -1.61. The molecule has 1 fully saturated rings. The molecule has 1 aliphatic rings. The van der Waals surface area contributed by atoms with Crippen molar-refractivity contribution < 1.29 is 9.53 Å². The van der Waals surface area contributed by atoms with Crippen LogP contribution >= 0.6 is 0 Å². The van der Waals surface area contributed by atoms with Crippen LogP contribution in [0.3, 0.4) is 0 Å². The third kappa shape index (κ3) is 3.20. The van der Waals surface area contributed by atoms with Gasteiger partial charge in [-0.2, -0.15) is 0 Å². The normalized spacial score (nSPS) is 20.4. The lowest BCUT2D eigenvalue weighted by molar-refractivity contribution is -0.145. The fourth-order valence-corrected chi connectivity index (χ4v) is 2.34. The van der Waals surface area contributed by atoms with E-state index >= 15 is 0 Å². The SMILES string of the molecule is COC(=O)[C@@H]1CCCN1C/C=C/c1ccccc1. The molecule has 2 rings (SSSR count). The van der Waals surface area contributed by atoms with Gasteiger partial charge in [-0.3, -0.25) is 9.69 Å². The van der Waals surface area contributed by atoms with E-state index in [2.05, 4.69) is 29.2 Å². The van der Waals surface area contributed by atoms with E-state index in [0.29, 0.717) is 0 Å². The smallest absolute Gasteiger partial charge is 0.323 e. The van der Waals surface area contributed by atoms with Gasteiger partial charge in [0.05, 0.1) is 7.11 Å². The fourth-order valence-electron chi connectivity index (χ4n) is 2.34. The number of methoxy groups -OCH3 is 1. The van der Waals surface area contributed by atoms with E-state index in [1.54, 1.807) is 0 Å². The van der Waals surface area contributed by atoms with Crippen molar-refractivity contribution in [3.8, 4) is 0 Å². The highest BCUT2D eigenvalue weighted by atomic mass is 16.5. The van der Waals surface area contributed by atoms with Crippen molar-refractivity contribution in [3.05, 3.63) is 42.0 Å². The molecule has 1 saturated heterocycles. The van der Waals surface area contributed by atoms with Crippen LogP contribution in [-0.4, -0.2) is 37.1 Å². The average molecular weight is 245 g/mol. The molecule has 18 heavy (non-hydrogen) atoms. The number of benzene rings is 1. The summed E-state index contributed by atoms with van der Waals surface area (Å²) in [6, 6.07) is 10.1. The zero-order chi connectivity index (χ0) is 12.8. The van der Waals surface area contributed by atoms with Crippen LogP contribution in [0, 0.1) is 0 Å². The summed E-state index contributed by atoms with van der Waals surface area (Å²) < 4.78 is 4.82. The van der Waals surface area contributed by atoms with Gasteiger partial charge in [0.2, 0.25) is 0 Å². The van der Waals surface area contributed by atoms with Crippen molar-refractivity contribution >= 4 is 12.0 Å². The molecule has 1 aromatic rings. The Balaban J connectivity index is 1.90. The number of esters is 1. The molecule has 1 aliphatic heterocycles. The summed E-state index contributed by atoms with van der Waals surface area (Å²) >= 11 is 0. The van der Waals surface area contributed by atoms with Crippen molar-refractivity contribution in [1.29, 1.82) is 0 Å². The van der Waals surface area contributed by atoms with Gasteiger partial charge in [-0.1, -0.05) is 42.5 Å².